The second kappa shape index (κ2) is 13.2. The zero-order valence-electron chi connectivity index (χ0n) is 22.9. The maximum absolute atomic E-state index is 13.8. The second-order valence-corrected chi connectivity index (χ2v) is 10.1. The highest BCUT2D eigenvalue weighted by Crippen LogP contribution is 2.21. The van der Waals surface area contributed by atoms with Crippen molar-refractivity contribution in [1.82, 2.24) is 20.6 Å². The molecule has 0 spiro atoms. The highest BCUT2D eigenvalue weighted by Gasteiger charge is 2.30. The van der Waals surface area contributed by atoms with E-state index in [0.717, 1.165) is 38.5 Å². The van der Waals surface area contributed by atoms with E-state index in [4.69, 9.17) is 10.5 Å². The number of esters is 1. The third-order valence-corrected chi connectivity index (χ3v) is 7.19. The lowest BCUT2D eigenvalue weighted by Gasteiger charge is -2.23. The number of rotatable bonds is 12. The van der Waals surface area contributed by atoms with Crippen molar-refractivity contribution >= 4 is 39.6 Å². The van der Waals surface area contributed by atoms with Gasteiger partial charge in [0.2, 0.25) is 11.8 Å². The Labute approximate surface area is 242 Å². The standard InChI is InChI=1S/C32H33N5O5/c33-25(18-38)30(39)36-28(14-21-16-34-26-12-6-4-10-23(21)26)31(40)37-29(32(41)42-19-20-8-2-1-3-9-20)15-22-17-35-27-13-7-5-11-24(22)27/h1-13,16-17,25,28-29,34-35,38H,14-15,18-19,33H2,(H,36,39)(H,37,40)/t25-,28-,29-/m0/s1. The summed E-state index contributed by atoms with van der Waals surface area (Å²) in [4.78, 5) is 46.2. The normalized spacial score (nSPS) is 13.4. The second-order valence-electron chi connectivity index (χ2n) is 10.1. The van der Waals surface area contributed by atoms with Crippen LogP contribution in [0.2, 0.25) is 0 Å². The molecule has 5 aromatic rings. The van der Waals surface area contributed by atoms with E-state index in [1.807, 2.05) is 78.9 Å². The van der Waals surface area contributed by atoms with Crippen LogP contribution in [0, 0.1) is 0 Å². The van der Waals surface area contributed by atoms with Crippen molar-refractivity contribution < 1.29 is 24.2 Å². The summed E-state index contributed by atoms with van der Waals surface area (Å²) in [7, 11) is 0. The van der Waals surface area contributed by atoms with Crippen LogP contribution >= 0.6 is 0 Å². The molecule has 0 radical (unpaired) electrons. The molecule has 0 aliphatic carbocycles. The monoisotopic (exact) mass is 567 g/mol. The molecule has 42 heavy (non-hydrogen) atoms. The molecule has 0 unspecified atom stereocenters. The number of fused-ring (bicyclic) bond motifs is 2. The van der Waals surface area contributed by atoms with Gasteiger partial charge >= 0.3 is 5.97 Å². The minimum atomic E-state index is -1.21. The van der Waals surface area contributed by atoms with Crippen LogP contribution in [0.4, 0.5) is 0 Å². The first-order valence-electron chi connectivity index (χ1n) is 13.7. The predicted octanol–water partition coefficient (Wildman–Crippen LogP) is 2.47. The van der Waals surface area contributed by atoms with E-state index in [2.05, 4.69) is 20.6 Å². The number of aliphatic hydroxyl groups excluding tert-OH is 1. The van der Waals surface area contributed by atoms with Crippen molar-refractivity contribution in [1.29, 1.82) is 0 Å². The maximum Gasteiger partial charge on any atom is 0.329 e. The summed E-state index contributed by atoms with van der Waals surface area (Å²) >= 11 is 0. The van der Waals surface area contributed by atoms with Crippen molar-refractivity contribution in [2.75, 3.05) is 6.61 Å². The molecule has 0 aliphatic heterocycles. The lowest BCUT2D eigenvalue weighted by molar-refractivity contribution is -0.149. The molecule has 5 rings (SSSR count). The van der Waals surface area contributed by atoms with Crippen LogP contribution in [0.5, 0.6) is 0 Å². The number of nitrogens with one attached hydrogen (secondary N) is 4. The number of carbonyl (C=O) groups excluding carboxylic acids is 3. The van der Waals surface area contributed by atoms with Crippen LogP contribution in [0.1, 0.15) is 16.7 Å². The number of ether oxygens (including phenoxy) is 1. The fourth-order valence-electron chi connectivity index (χ4n) is 4.91. The van der Waals surface area contributed by atoms with Crippen molar-refractivity contribution in [2.24, 2.45) is 5.73 Å². The molecule has 0 aliphatic rings. The third kappa shape index (κ3) is 6.68. The Kier molecular flexibility index (Phi) is 8.96. The van der Waals surface area contributed by atoms with Gasteiger partial charge in [-0.3, -0.25) is 9.59 Å². The zero-order valence-corrected chi connectivity index (χ0v) is 22.9. The fraction of sp³-hybridized carbons (Fsp3) is 0.219. The maximum atomic E-state index is 13.8. The van der Waals surface area contributed by atoms with Crippen LogP contribution in [-0.4, -0.2) is 57.6 Å². The summed E-state index contributed by atoms with van der Waals surface area (Å²) < 4.78 is 5.62. The first-order chi connectivity index (χ1) is 20.4. The number of hydrogen-bond acceptors (Lipinski definition) is 6. The highest BCUT2D eigenvalue weighted by molar-refractivity contribution is 5.93. The molecule has 10 heteroatoms. The van der Waals surface area contributed by atoms with Gasteiger partial charge in [0.15, 0.2) is 0 Å². The number of benzene rings is 3. The molecule has 2 amide bonds. The number of aromatic amines is 2. The van der Waals surface area contributed by atoms with Gasteiger partial charge in [-0.25, -0.2) is 4.79 Å². The predicted molar refractivity (Wildman–Crippen MR) is 159 cm³/mol. The number of H-pyrrole nitrogens is 2. The molecule has 0 fully saturated rings. The summed E-state index contributed by atoms with van der Waals surface area (Å²) in [6.07, 6.45) is 3.87. The van der Waals surface area contributed by atoms with Crippen LogP contribution in [0.25, 0.3) is 21.8 Å². The summed E-state index contributed by atoms with van der Waals surface area (Å²) in [6, 6.07) is 21.2. The van der Waals surface area contributed by atoms with Crippen molar-refractivity contribution in [3.05, 3.63) is 108 Å². The molecule has 3 aromatic carbocycles. The topological polar surface area (TPSA) is 162 Å². The highest BCUT2D eigenvalue weighted by atomic mass is 16.5. The Balaban J connectivity index is 1.40. The van der Waals surface area contributed by atoms with E-state index in [0.29, 0.717) is 0 Å². The number of para-hydroxylation sites is 2. The lowest BCUT2D eigenvalue weighted by Crippen LogP contribution is -2.56. The minimum absolute atomic E-state index is 0.0424. The molecule has 3 atom stereocenters. The summed E-state index contributed by atoms with van der Waals surface area (Å²) in [6.45, 7) is -0.539. The van der Waals surface area contributed by atoms with Crippen LogP contribution in [0.3, 0.4) is 0 Å². The Bertz CT molecular complexity index is 1680. The number of amides is 2. The van der Waals surface area contributed by atoms with Crippen LogP contribution < -0.4 is 16.4 Å². The van der Waals surface area contributed by atoms with E-state index in [1.54, 1.807) is 12.4 Å². The SMILES string of the molecule is N[C@@H](CO)C(=O)N[C@@H](Cc1c[nH]c2ccccc12)C(=O)N[C@@H](Cc1c[nH]c2ccccc12)C(=O)OCc1ccccc1. The van der Waals surface area contributed by atoms with E-state index in [-0.39, 0.29) is 19.4 Å². The molecular weight excluding hydrogens is 534 g/mol. The molecule has 2 heterocycles. The first kappa shape index (κ1) is 28.6. The van der Waals surface area contributed by atoms with Crippen molar-refractivity contribution in [3.63, 3.8) is 0 Å². The fourth-order valence-corrected chi connectivity index (χ4v) is 4.91. The molecule has 0 bridgehead atoms. The van der Waals surface area contributed by atoms with Crippen LogP contribution in [0.15, 0.2) is 91.3 Å². The summed E-state index contributed by atoms with van der Waals surface area (Å²) in [5, 5.41) is 16.7. The van der Waals surface area contributed by atoms with Gasteiger partial charge in [0, 0.05) is 47.0 Å². The largest absolute Gasteiger partial charge is 0.459 e. The molecule has 7 N–H and O–H groups in total. The molecule has 216 valence electrons. The number of nitrogens with two attached hydrogens (primary N) is 1. The van der Waals surface area contributed by atoms with Crippen molar-refractivity contribution in [2.45, 2.75) is 37.6 Å². The number of hydrogen-bond donors (Lipinski definition) is 6. The van der Waals surface area contributed by atoms with Gasteiger partial charge in [0.25, 0.3) is 0 Å². The van der Waals surface area contributed by atoms with E-state index >= 15 is 0 Å². The van der Waals surface area contributed by atoms with Gasteiger partial charge in [-0.15, -0.1) is 0 Å². The number of aromatic nitrogens is 2. The quantitative estimate of drug-likeness (QED) is 0.127. The Morgan fingerprint density at radius 3 is 1.86 bits per heavy atom. The molecular formula is C32H33N5O5. The Morgan fingerprint density at radius 2 is 1.26 bits per heavy atom. The minimum Gasteiger partial charge on any atom is -0.459 e. The van der Waals surface area contributed by atoms with Gasteiger partial charge in [-0.05, 0) is 28.8 Å². The average molecular weight is 568 g/mol. The smallest absolute Gasteiger partial charge is 0.329 e. The van der Waals surface area contributed by atoms with E-state index in [1.165, 1.54) is 0 Å². The number of aliphatic hydroxyl groups is 1. The van der Waals surface area contributed by atoms with Crippen LogP contribution in [-0.2, 0) is 38.6 Å². The summed E-state index contributed by atoms with van der Waals surface area (Å²) in [5.41, 5.74) is 9.95. The van der Waals surface area contributed by atoms with Gasteiger partial charge in [0.05, 0.1) is 6.61 Å². The molecule has 0 saturated carbocycles. The van der Waals surface area contributed by atoms with Crippen molar-refractivity contribution in [3.8, 4) is 0 Å². The number of carbonyl (C=O) groups is 3. The van der Waals surface area contributed by atoms with E-state index < -0.39 is 42.5 Å². The first-order valence-corrected chi connectivity index (χ1v) is 13.7. The van der Waals surface area contributed by atoms with Gasteiger partial charge in [0.1, 0.15) is 24.7 Å². The molecule has 2 aromatic heterocycles. The molecule has 0 saturated heterocycles. The van der Waals surface area contributed by atoms with E-state index in [9.17, 15) is 19.5 Å². The van der Waals surface area contributed by atoms with Gasteiger partial charge in [-0.2, -0.15) is 0 Å². The molecule has 10 nitrogen and oxygen atoms in total. The Morgan fingerprint density at radius 1 is 0.738 bits per heavy atom. The Hall–Kier alpha value is -4.93. The van der Waals surface area contributed by atoms with Gasteiger partial charge in [-0.1, -0.05) is 66.7 Å². The average Bonchev–Trinajstić information content (AvgIpc) is 3.63. The summed E-state index contributed by atoms with van der Waals surface area (Å²) in [5.74, 6) is -1.88. The lowest BCUT2D eigenvalue weighted by atomic mass is 10.0. The third-order valence-electron chi connectivity index (χ3n) is 7.19. The van der Waals surface area contributed by atoms with Gasteiger partial charge < -0.3 is 36.2 Å². The zero-order chi connectivity index (χ0) is 29.5.